The summed E-state index contributed by atoms with van der Waals surface area (Å²) in [5, 5.41) is 3.48. The van der Waals surface area contributed by atoms with Gasteiger partial charge in [0.1, 0.15) is 6.33 Å². The first-order valence-corrected chi connectivity index (χ1v) is 8.79. The van der Waals surface area contributed by atoms with E-state index in [9.17, 15) is 4.79 Å². The van der Waals surface area contributed by atoms with E-state index in [4.69, 9.17) is 0 Å². The van der Waals surface area contributed by atoms with Gasteiger partial charge in [0.2, 0.25) is 5.91 Å². The first kappa shape index (κ1) is 16.3. The van der Waals surface area contributed by atoms with Crippen LogP contribution in [-0.4, -0.2) is 64.4 Å². The fraction of sp³-hybridized carbons (Fsp3) is 0.706. The fourth-order valence-electron chi connectivity index (χ4n) is 3.59. The van der Waals surface area contributed by atoms with Crippen molar-refractivity contribution in [2.45, 2.75) is 44.7 Å². The van der Waals surface area contributed by atoms with Gasteiger partial charge >= 0.3 is 0 Å². The Morgan fingerprint density at radius 3 is 2.87 bits per heavy atom. The quantitative estimate of drug-likeness (QED) is 0.849. The minimum absolute atomic E-state index is 0.315. The topological polar surface area (TPSA) is 61.4 Å². The van der Waals surface area contributed by atoms with E-state index in [-0.39, 0.29) is 0 Å². The molecule has 0 bridgehead atoms. The van der Waals surface area contributed by atoms with Gasteiger partial charge in [-0.15, -0.1) is 0 Å². The molecule has 2 aliphatic heterocycles. The van der Waals surface area contributed by atoms with Gasteiger partial charge in [-0.3, -0.25) is 9.69 Å². The van der Waals surface area contributed by atoms with E-state index >= 15 is 0 Å². The van der Waals surface area contributed by atoms with E-state index in [1.807, 2.05) is 17.3 Å². The predicted molar refractivity (Wildman–Crippen MR) is 88.8 cm³/mol. The molecule has 0 radical (unpaired) electrons. The van der Waals surface area contributed by atoms with E-state index in [0.717, 1.165) is 57.7 Å². The maximum absolute atomic E-state index is 11.9. The van der Waals surface area contributed by atoms with Crippen molar-refractivity contribution in [3.63, 3.8) is 0 Å². The highest BCUT2D eigenvalue weighted by Crippen LogP contribution is 2.17. The molecule has 1 unspecified atom stereocenters. The third-order valence-corrected chi connectivity index (χ3v) is 4.89. The number of amides is 1. The van der Waals surface area contributed by atoms with Crippen molar-refractivity contribution in [2.24, 2.45) is 0 Å². The van der Waals surface area contributed by atoms with Gasteiger partial charge in [0.15, 0.2) is 0 Å². The average molecular weight is 317 g/mol. The molecule has 0 saturated carbocycles. The van der Waals surface area contributed by atoms with Crippen molar-refractivity contribution in [1.82, 2.24) is 25.1 Å². The summed E-state index contributed by atoms with van der Waals surface area (Å²) in [6, 6.07) is 0.572. The Morgan fingerprint density at radius 2 is 2.09 bits per heavy atom. The molecule has 0 aliphatic carbocycles. The van der Waals surface area contributed by atoms with Gasteiger partial charge in [-0.05, 0) is 38.8 Å². The Labute approximate surface area is 138 Å². The summed E-state index contributed by atoms with van der Waals surface area (Å²) in [6.45, 7) is 5.77. The number of rotatable bonds is 6. The van der Waals surface area contributed by atoms with Crippen LogP contribution >= 0.6 is 0 Å². The Balaban J connectivity index is 1.63. The number of carbonyl (C=O) groups excluding carboxylic acids is 1. The van der Waals surface area contributed by atoms with Gasteiger partial charge in [0.25, 0.3) is 0 Å². The van der Waals surface area contributed by atoms with Crippen LogP contribution in [-0.2, 0) is 11.3 Å². The van der Waals surface area contributed by atoms with Crippen LogP contribution < -0.4 is 5.32 Å². The van der Waals surface area contributed by atoms with Gasteiger partial charge in [-0.2, -0.15) is 0 Å². The number of hydrogen-bond acceptors (Lipinski definition) is 5. The largest absolute Gasteiger partial charge is 0.341 e. The third kappa shape index (κ3) is 4.72. The summed E-state index contributed by atoms with van der Waals surface area (Å²) < 4.78 is 0. The maximum atomic E-state index is 11.9. The van der Waals surface area contributed by atoms with Gasteiger partial charge in [-0.25, -0.2) is 9.97 Å². The molecule has 3 heterocycles. The van der Waals surface area contributed by atoms with Crippen molar-refractivity contribution < 1.29 is 4.79 Å². The molecule has 3 rings (SSSR count). The second kappa shape index (κ2) is 8.36. The standard InChI is InChI=1S/C17H27N5O/c23-17-4-2-8-21(17)9-10-22(13-15-11-19-14-20-12-15)16-3-1-6-18-7-5-16/h11-12,14,16,18H,1-10,13H2. The van der Waals surface area contributed by atoms with Crippen molar-refractivity contribution >= 4 is 5.91 Å². The van der Waals surface area contributed by atoms with Crippen LogP contribution in [0.2, 0.25) is 0 Å². The summed E-state index contributed by atoms with van der Waals surface area (Å²) in [7, 11) is 0. The molecule has 1 atom stereocenters. The average Bonchev–Trinajstić information content (AvgIpc) is 2.83. The molecule has 6 nitrogen and oxygen atoms in total. The number of carbonyl (C=O) groups is 1. The van der Waals surface area contributed by atoms with Crippen molar-refractivity contribution in [3.05, 3.63) is 24.3 Å². The van der Waals surface area contributed by atoms with Gasteiger partial charge in [0.05, 0.1) is 0 Å². The Kier molecular flexibility index (Phi) is 5.93. The smallest absolute Gasteiger partial charge is 0.222 e. The number of likely N-dealkylation sites (tertiary alicyclic amines) is 1. The lowest BCUT2D eigenvalue weighted by Gasteiger charge is -2.32. The highest BCUT2D eigenvalue weighted by atomic mass is 16.2. The first-order valence-electron chi connectivity index (χ1n) is 8.79. The van der Waals surface area contributed by atoms with Crippen LogP contribution in [0.3, 0.4) is 0 Å². The van der Waals surface area contributed by atoms with Crippen LogP contribution in [0, 0.1) is 0 Å². The molecule has 23 heavy (non-hydrogen) atoms. The number of aromatic nitrogens is 2. The second-order valence-corrected chi connectivity index (χ2v) is 6.54. The van der Waals surface area contributed by atoms with E-state index in [2.05, 4.69) is 20.2 Å². The van der Waals surface area contributed by atoms with Gasteiger partial charge in [0, 0.05) is 56.6 Å². The summed E-state index contributed by atoms with van der Waals surface area (Å²) >= 11 is 0. The molecule has 126 valence electrons. The summed E-state index contributed by atoms with van der Waals surface area (Å²) in [5.41, 5.74) is 1.15. The molecule has 1 N–H and O–H groups in total. The maximum Gasteiger partial charge on any atom is 0.222 e. The number of nitrogens with one attached hydrogen (secondary N) is 1. The third-order valence-electron chi connectivity index (χ3n) is 4.89. The molecule has 0 aromatic carbocycles. The molecule has 1 amide bonds. The van der Waals surface area contributed by atoms with Crippen molar-refractivity contribution in [2.75, 3.05) is 32.7 Å². The minimum Gasteiger partial charge on any atom is -0.341 e. The van der Waals surface area contributed by atoms with E-state index < -0.39 is 0 Å². The van der Waals surface area contributed by atoms with Crippen molar-refractivity contribution in [1.29, 1.82) is 0 Å². The number of nitrogens with zero attached hydrogens (tertiary/aromatic N) is 4. The normalized spacial score (nSPS) is 22.6. The van der Waals surface area contributed by atoms with Crippen LogP contribution in [0.15, 0.2) is 18.7 Å². The number of hydrogen-bond donors (Lipinski definition) is 1. The van der Waals surface area contributed by atoms with E-state index in [1.165, 1.54) is 19.3 Å². The molecular formula is C17H27N5O. The molecule has 2 saturated heterocycles. The SMILES string of the molecule is O=C1CCCN1CCN(Cc1cncnc1)C1CCCNCC1. The molecule has 1 aromatic heterocycles. The lowest BCUT2D eigenvalue weighted by molar-refractivity contribution is -0.127. The highest BCUT2D eigenvalue weighted by molar-refractivity contribution is 5.78. The van der Waals surface area contributed by atoms with Crippen LogP contribution in [0.5, 0.6) is 0 Å². The van der Waals surface area contributed by atoms with Crippen molar-refractivity contribution in [3.8, 4) is 0 Å². The first-order chi connectivity index (χ1) is 11.3. The molecule has 1 aromatic rings. The molecule has 6 heteroatoms. The fourth-order valence-corrected chi connectivity index (χ4v) is 3.59. The zero-order valence-electron chi connectivity index (χ0n) is 13.8. The predicted octanol–water partition coefficient (Wildman–Crippen LogP) is 1.04. The molecule has 0 spiro atoms. The zero-order chi connectivity index (χ0) is 15.9. The van der Waals surface area contributed by atoms with Gasteiger partial charge in [-0.1, -0.05) is 0 Å². The summed E-state index contributed by atoms with van der Waals surface area (Å²) in [5.74, 6) is 0.315. The highest BCUT2D eigenvalue weighted by Gasteiger charge is 2.24. The zero-order valence-corrected chi connectivity index (χ0v) is 13.8. The Morgan fingerprint density at radius 1 is 1.22 bits per heavy atom. The Bertz CT molecular complexity index is 487. The van der Waals surface area contributed by atoms with Crippen LogP contribution in [0.25, 0.3) is 0 Å². The van der Waals surface area contributed by atoms with E-state index in [1.54, 1.807) is 6.33 Å². The summed E-state index contributed by atoms with van der Waals surface area (Å²) in [4.78, 5) is 24.7. The van der Waals surface area contributed by atoms with Crippen LogP contribution in [0.4, 0.5) is 0 Å². The molecular weight excluding hydrogens is 290 g/mol. The second-order valence-electron chi connectivity index (χ2n) is 6.54. The monoisotopic (exact) mass is 317 g/mol. The minimum atomic E-state index is 0.315. The lowest BCUT2D eigenvalue weighted by atomic mass is 10.1. The van der Waals surface area contributed by atoms with Crippen LogP contribution in [0.1, 0.15) is 37.7 Å². The molecule has 2 aliphatic rings. The molecule has 2 fully saturated rings. The van der Waals surface area contributed by atoms with E-state index in [0.29, 0.717) is 11.9 Å². The Hall–Kier alpha value is -1.53. The summed E-state index contributed by atoms with van der Waals surface area (Å²) in [6.07, 6.45) is 10.7. The van der Waals surface area contributed by atoms with Gasteiger partial charge < -0.3 is 10.2 Å². The lowest BCUT2D eigenvalue weighted by Crippen LogP contribution is -2.41.